The third-order valence-corrected chi connectivity index (χ3v) is 5.08. The van der Waals surface area contributed by atoms with Crippen molar-refractivity contribution < 1.29 is 13.6 Å². The van der Waals surface area contributed by atoms with Gasteiger partial charge in [-0.1, -0.05) is 30.0 Å². The molecular formula is C19H16F2N4OS. The van der Waals surface area contributed by atoms with Crippen LogP contribution < -0.4 is 5.32 Å². The molecule has 0 unspecified atom stereocenters. The molecule has 1 N–H and O–H groups in total. The van der Waals surface area contributed by atoms with E-state index >= 15 is 0 Å². The molecule has 0 saturated heterocycles. The van der Waals surface area contributed by atoms with Crippen LogP contribution in [0.25, 0.3) is 5.69 Å². The molecule has 3 aromatic rings. The number of rotatable bonds is 6. The van der Waals surface area contributed by atoms with Crippen LogP contribution in [-0.4, -0.2) is 26.4 Å². The van der Waals surface area contributed by atoms with Crippen LogP contribution >= 0.6 is 11.8 Å². The number of para-hydroxylation sites is 1. The van der Waals surface area contributed by atoms with Crippen molar-refractivity contribution in [2.24, 2.45) is 0 Å². The standard InChI is InChI=1S/C19H16F2N4OS/c20-13-8-9-16(15(21)10-13)22-17(26)11-27-19-24-23-18(12-6-7-12)25(19)14-4-2-1-3-5-14/h1-5,8-10,12H,6-7,11H2,(H,22,26). The van der Waals surface area contributed by atoms with Gasteiger partial charge in [0.2, 0.25) is 5.91 Å². The molecule has 0 atom stereocenters. The van der Waals surface area contributed by atoms with E-state index in [0.717, 1.165) is 36.5 Å². The average Bonchev–Trinajstić information content (AvgIpc) is 3.42. The van der Waals surface area contributed by atoms with Crippen molar-refractivity contribution in [3.05, 3.63) is 66.0 Å². The van der Waals surface area contributed by atoms with E-state index in [1.807, 2.05) is 34.9 Å². The number of amides is 1. The van der Waals surface area contributed by atoms with E-state index in [9.17, 15) is 13.6 Å². The Bertz CT molecular complexity index is 973. The fourth-order valence-electron chi connectivity index (χ4n) is 2.71. The smallest absolute Gasteiger partial charge is 0.234 e. The van der Waals surface area contributed by atoms with Crippen LogP contribution in [0.1, 0.15) is 24.6 Å². The Morgan fingerprint density at radius 1 is 1.15 bits per heavy atom. The second-order valence-electron chi connectivity index (χ2n) is 6.25. The number of carbonyl (C=O) groups excluding carboxylic acids is 1. The lowest BCUT2D eigenvalue weighted by Crippen LogP contribution is -2.15. The summed E-state index contributed by atoms with van der Waals surface area (Å²) in [4.78, 5) is 12.2. The largest absolute Gasteiger partial charge is 0.323 e. The number of halogens is 2. The Morgan fingerprint density at radius 2 is 1.93 bits per heavy atom. The highest BCUT2D eigenvalue weighted by Crippen LogP contribution is 2.41. The Labute approximate surface area is 158 Å². The summed E-state index contributed by atoms with van der Waals surface area (Å²) in [6.07, 6.45) is 2.17. The van der Waals surface area contributed by atoms with Crippen molar-refractivity contribution in [3.63, 3.8) is 0 Å². The molecule has 1 heterocycles. The first-order valence-corrected chi connectivity index (χ1v) is 9.49. The lowest BCUT2D eigenvalue weighted by molar-refractivity contribution is -0.113. The topological polar surface area (TPSA) is 59.8 Å². The van der Waals surface area contributed by atoms with Crippen LogP contribution in [0, 0.1) is 11.6 Å². The summed E-state index contributed by atoms with van der Waals surface area (Å²) >= 11 is 1.23. The van der Waals surface area contributed by atoms with Gasteiger partial charge in [-0.3, -0.25) is 9.36 Å². The quantitative estimate of drug-likeness (QED) is 0.647. The maximum Gasteiger partial charge on any atom is 0.234 e. The first-order chi connectivity index (χ1) is 13.1. The maximum absolute atomic E-state index is 13.7. The monoisotopic (exact) mass is 386 g/mol. The van der Waals surface area contributed by atoms with Gasteiger partial charge in [0.25, 0.3) is 0 Å². The van der Waals surface area contributed by atoms with Crippen molar-refractivity contribution in [2.75, 3.05) is 11.1 Å². The SMILES string of the molecule is O=C(CSc1nnc(C2CC2)n1-c1ccccc1)Nc1ccc(F)cc1F. The number of hydrogen-bond acceptors (Lipinski definition) is 4. The van der Waals surface area contributed by atoms with Gasteiger partial charge in [-0.2, -0.15) is 0 Å². The number of hydrogen-bond donors (Lipinski definition) is 1. The van der Waals surface area contributed by atoms with Crippen LogP contribution in [-0.2, 0) is 4.79 Å². The van der Waals surface area contributed by atoms with Crippen molar-refractivity contribution >= 4 is 23.4 Å². The van der Waals surface area contributed by atoms with Gasteiger partial charge >= 0.3 is 0 Å². The Balaban J connectivity index is 1.49. The molecule has 1 amide bonds. The molecule has 5 nitrogen and oxygen atoms in total. The minimum atomic E-state index is -0.808. The van der Waals surface area contributed by atoms with E-state index < -0.39 is 17.5 Å². The molecule has 27 heavy (non-hydrogen) atoms. The van der Waals surface area contributed by atoms with Crippen molar-refractivity contribution in [2.45, 2.75) is 23.9 Å². The normalized spacial score (nSPS) is 13.6. The van der Waals surface area contributed by atoms with Gasteiger partial charge in [-0.25, -0.2) is 8.78 Å². The summed E-state index contributed by atoms with van der Waals surface area (Å²) in [5.41, 5.74) is 0.891. The zero-order valence-corrected chi connectivity index (χ0v) is 15.0. The molecule has 1 fully saturated rings. The molecular weight excluding hydrogens is 370 g/mol. The zero-order valence-electron chi connectivity index (χ0n) is 14.2. The number of nitrogens with one attached hydrogen (secondary N) is 1. The van der Waals surface area contributed by atoms with Gasteiger partial charge in [0.05, 0.1) is 11.4 Å². The van der Waals surface area contributed by atoms with Crippen molar-refractivity contribution in [3.8, 4) is 5.69 Å². The molecule has 0 aliphatic heterocycles. The lowest BCUT2D eigenvalue weighted by Gasteiger charge is -2.10. The van der Waals surface area contributed by atoms with E-state index in [2.05, 4.69) is 15.5 Å². The first kappa shape index (κ1) is 17.7. The van der Waals surface area contributed by atoms with Crippen molar-refractivity contribution in [1.29, 1.82) is 0 Å². The molecule has 1 aliphatic carbocycles. The van der Waals surface area contributed by atoms with E-state index in [1.54, 1.807) is 0 Å². The Kier molecular flexibility index (Phi) is 4.89. The fourth-order valence-corrected chi connectivity index (χ4v) is 3.47. The number of thioether (sulfide) groups is 1. The van der Waals surface area contributed by atoms with Crippen LogP contribution in [0.4, 0.5) is 14.5 Å². The number of aromatic nitrogens is 3. The molecule has 1 aromatic heterocycles. The van der Waals surface area contributed by atoms with Gasteiger partial charge in [0.1, 0.15) is 17.5 Å². The van der Waals surface area contributed by atoms with Gasteiger partial charge in [-0.05, 0) is 37.1 Å². The van der Waals surface area contributed by atoms with Crippen LogP contribution in [0.3, 0.4) is 0 Å². The number of anilines is 1. The zero-order chi connectivity index (χ0) is 18.8. The Morgan fingerprint density at radius 3 is 2.63 bits per heavy atom. The molecule has 4 rings (SSSR count). The van der Waals surface area contributed by atoms with E-state index in [1.165, 1.54) is 17.8 Å². The molecule has 1 saturated carbocycles. The van der Waals surface area contributed by atoms with E-state index in [0.29, 0.717) is 11.1 Å². The predicted octanol–water partition coefficient (Wildman–Crippen LogP) is 4.15. The average molecular weight is 386 g/mol. The summed E-state index contributed by atoms with van der Waals surface area (Å²) in [6, 6.07) is 12.8. The predicted molar refractivity (Wildman–Crippen MR) is 99.0 cm³/mol. The third-order valence-electron chi connectivity index (χ3n) is 4.15. The van der Waals surface area contributed by atoms with E-state index in [-0.39, 0.29) is 11.4 Å². The summed E-state index contributed by atoms with van der Waals surface area (Å²) in [6.45, 7) is 0. The Hall–Kier alpha value is -2.74. The molecule has 1 aliphatic rings. The molecule has 8 heteroatoms. The minimum Gasteiger partial charge on any atom is -0.323 e. The summed E-state index contributed by atoms with van der Waals surface area (Å²) in [7, 11) is 0. The van der Waals surface area contributed by atoms with Crippen molar-refractivity contribution in [1.82, 2.24) is 14.8 Å². The van der Waals surface area contributed by atoms with Crippen LogP contribution in [0.15, 0.2) is 53.7 Å². The fraction of sp³-hybridized carbons (Fsp3) is 0.211. The lowest BCUT2D eigenvalue weighted by atomic mass is 10.3. The van der Waals surface area contributed by atoms with Crippen LogP contribution in [0.2, 0.25) is 0 Å². The highest BCUT2D eigenvalue weighted by Gasteiger charge is 2.31. The minimum absolute atomic E-state index is 0.0342. The van der Waals surface area contributed by atoms with E-state index in [4.69, 9.17) is 0 Å². The van der Waals surface area contributed by atoms with Crippen LogP contribution in [0.5, 0.6) is 0 Å². The summed E-state index contributed by atoms with van der Waals surface area (Å²) < 4.78 is 28.6. The molecule has 138 valence electrons. The maximum atomic E-state index is 13.7. The molecule has 0 radical (unpaired) electrons. The first-order valence-electron chi connectivity index (χ1n) is 8.50. The van der Waals surface area contributed by atoms with Gasteiger partial charge in [-0.15, -0.1) is 10.2 Å². The number of carbonyl (C=O) groups is 1. The summed E-state index contributed by atoms with van der Waals surface area (Å²) in [5.74, 6) is -0.573. The van der Waals surface area contributed by atoms with Gasteiger partial charge in [0.15, 0.2) is 5.16 Å². The molecule has 0 bridgehead atoms. The highest BCUT2D eigenvalue weighted by molar-refractivity contribution is 7.99. The molecule has 0 spiro atoms. The second-order valence-corrected chi connectivity index (χ2v) is 7.19. The summed E-state index contributed by atoms with van der Waals surface area (Å²) in [5, 5.41) is 11.6. The van der Waals surface area contributed by atoms with Gasteiger partial charge in [0, 0.05) is 17.7 Å². The highest BCUT2D eigenvalue weighted by atomic mass is 32.2. The number of benzene rings is 2. The second kappa shape index (κ2) is 7.48. The van der Waals surface area contributed by atoms with Gasteiger partial charge < -0.3 is 5.32 Å². The third kappa shape index (κ3) is 4.00. The molecule has 2 aromatic carbocycles. The number of nitrogens with zero attached hydrogens (tertiary/aromatic N) is 3.